The predicted molar refractivity (Wildman–Crippen MR) is 90.7 cm³/mol. The number of aliphatic hydroxyl groups excluding tert-OH is 1. The van der Waals surface area contributed by atoms with Crippen LogP contribution in [-0.4, -0.2) is 25.5 Å². The Balaban J connectivity index is 1.97. The predicted octanol–water partition coefficient (Wildman–Crippen LogP) is 1.71. The van der Waals surface area contributed by atoms with E-state index >= 15 is 0 Å². The van der Waals surface area contributed by atoms with Gasteiger partial charge in [0.1, 0.15) is 5.82 Å². The second-order valence-electron chi connectivity index (χ2n) is 5.64. The number of aliphatic hydroxyl groups is 1. The molecule has 0 saturated heterocycles. The highest BCUT2D eigenvalue weighted by molar-refractivity contribution is 5.80. The van der Waals surface area contributed by atoms with Gasteiger partial charge in [-0.15, -0.1) is 0 Å². The molecule has 1 unspecified atom stereocenters. The summed E-state index contributed by atoms with van der Waals surface area (Å²) < 4.78 is 1.71. The molecule has 3 rings (SSSR count). The number of nitrogens with zero attached hydrogens (tertiary/aromatic N) is 3. The molecule has 8 heteroatoms. The molecule has 0 aliphatic rings. The van der Waals surface area contributed by atoms with Gasteiger partial charge in [-0.3, -0.25) is 14.9 Å². The number of nitro groups is 1. The highest BCUT2D eigenvalue weighted by Crippen LogP contribution is 2.24. The fraction of sp³-hybridized carbons (Fsp3) is 0.176. The summed E-state index contributed by atoms with van der Waals surface area (Å²) in [6.45, 7) is 0.101. The molecule has 2 aromatic carbocycles. The molecule has 0 bridgehead atoms. The maximum absolute atomic E-state index is 11.3. The lowest BCUT2D eigenvalue weighted by Crippen LogP contribution is -2.19. The lowest BCUT2D eigenvalue weighted by molar-refractivity contribution is -0.385. The van der Waals surface area contributed by atoms with Crippen molar-refractivity contribution in [3.05, 3.63) is 70.0 Å². The normalized spacial score (nSPS) is 12.2. The summed E-state index contributed by atoms with van der Waals surface area (Å²) in [7, 11) is 0. The summed E-state index contributed by atoms with van der Waals surface area (Å²) in [6.07, 6.45) is -1.06. The van der Waals surface area contributed by atoms with E-state index < -0.39 is 16.9 Å². The summed E-state index contributed by atoms with van der Waals surface area (Å²) in [6, 6.07) is 13.1. The molecule has 0 fully saturated rings. The number of nitro benzene ring substituents is 1. The number of para-hydroxylation sites is 2. The molecule has 8 nitrogen and oxygen atoms in total. The van der Waals surface area contributed by atoms with E-state index in [1.807, 2.05) is 18.2 Å². The van der Waals surface area contributed by atoms with Crippen LogP contribution in [0.4, 0.5) is 5.69 Å². The molecular weight excluding hydrogens is 324 g/mol. The number of hydrogen-bond acceptors (Lipinski definition) is 5. The third-order valence-electron chi connectivity index (χ3n) is 3.89. The molecule has 0 saturated carbocycles. The van der Waals surface area contributed by atoms with Gasteiger partial charge in [0.15, 0.2) is 0 Å². The van der Waals surface area contributed by atoms with E-state index in [-0.39, 0.29) is 18.7 Å². The first-order chi connectivity index (χ1) is 12.0. The molecule has 1 atom stereocenters. The van der Waals surface area contributed by atoms with E-state index in [0.717, 1.165) is 5.52 Å². The van der Waals surface area contributed by atoms with Gasteiger partial charge >= 0.3 is 0 Å². The van der Waals surface area contributed by atoms with Gasteiger partial charge in [-0.1, -0.05) is 24.3 Å². The zero-order chi connectivity index (χ0) is 18.0. The van der Waals surface area contributed by atoms with Crippen molar-refractivity contribution in [2.75, 3.05) is 0 Å². The second kappa shape index (κ2) is 6.70. The van der Waals surface area contributed by atoms with Gasteiger partial charge in [-0.2, -0.15) is 0 Å². The minimum absolute atomic E-state index is 0.0592. The first-order valence-electron chi connectivity index (χ1n) is 7.60. The molecule has 1 heterocycles. The number of amides is 1. The molecule has 0 aliphatic carbocycles. The second-order valence-corrected chi connectivity index (χ2v) is 5.64. The number of aromatic nitrogens is 2. The number of non-ortho nitro benzene ring substituents is 1. The zero-order valence-corrected chi connectivity index (χ0v) is 13.2. The summed E-state index contributed by atoms with van der Waals surface area (Å²) in [5.74, 6) is -0.0837. The maximum atomic E-state index is 11.3. The molecule has 1 aromatic heterocycles. The number of fused-ring (bicyclic) bond motifs is 1. The van der Waals surface area contributed by atoms with Crippen molar-refractivity contribution >= 4 is 22.6 Å². The molecule has 0 radical (unpaired) electrons. The standard InChI is InChI=1S/C17H16N4O4/c18-16(23)9-17-19-13-6-1-2-7-14(13)20(17)10-15(22)11-4-3-5-12(8-11)21(24)25/h1-8,15,22H,9-10H2,(H2,18,23). The number of hydrogen-bond donors (Lipinski definition) is 2. The van der Waals surface area contributed by atoms with Crippen molar-refractivity contribution in [1.29, 1.82) is 0 Å². The van der Waals surface area contributed by atoms with Gasteiger partial charge in [-0.05, 0) is 17.7 Å². The Morgan fingerprint density at radius 3 is 2.76 bits per heavy atom. The number of rotatable bonds is 6. The number of carbonyl (C=O) groups is 1. The SMILES string of the molecule is NC(=O)Cc1nc2ccccc2n1CC(O)c1cccc([N+](=O)[O-])c1. The van der Waals surface area contributed by atoms with Gasteiger partial charge in [0.2, 0.25) is 5.91 Å². The number of benzene rings is 2. The summed E-state index contributed by atoms with van der Waals surface area (Å²) in [4.78, 5) is 26.1. The fourth-order valence-electron chi connectivity index (χ4n) is 2.74. The largest absolute Gasteiger partial charge is 0.387 e. The summed E-state index contributed by atoms with van der Waals surface area (Å²) in [5.41, 5.74) is 7.04. The Morgan fingerprint density at radius 1 is 1.28 bits per heavy atom. The molecule has 3 aromatic rings. The van der Waals surface area contributed by atoms with E-state index in [1.54, 1.807) is 16.7 Å². The van der Waals surface area contributed by atoms with Gasteiger partial charge in [0.25, 0.3) is 5.69 Å². The highest BCUT2D eigenvalue weighted by Gasteiger charge is 2.18. The van der Waals surface area contributed by atoms with Crippen molar-refractivity contribution in [1.82, 2.24) is 9.55 Å². The Kier molecular flexibility index (Phi) is 4.44. The van der Waals surface area contributed by atoms with Gasteiger partial charge < -0.3 is 15.4 Å². The number of carbonyl (C=O) groups excluding carboxylic acids is 1. The van der Waals surface area contributed by atoms with Crippen molar-refractivity contribution < 1.29 is 14.8 Å². The van der Waals surface area contributed by atoms with Crippen LogP contribution >= 0.6 is 0 Å². The van der Waals surface area contributed by atoms with Crippen LogP contribution < -0.4 is 5.73 Å². The van der Waals surface area contributed by atoms with Crippen LogP contribution in [0.2, 0.25) is 0 Å². The topological polar surface area (TPSA) is 124 Å². The molecule has 3 N–H and O–H groups in total. The van der Waals surface area contributed by atoms with Crippen LogP contribution in [0.15, 0.2) is 48.5 Å². The van der Waals surface area contributed by atoms with Crippen molar-refractivity contribution in [3.63, 3.8) is 0 Å². The van der Waals surface area contributed by atoms with Crippen molar-refractivity contribution in [2.24, 2.45) is 5.73 Å². The highest BCUT2D eigenvalue weighted by atomic mass is 16.6. The van der Waals surface area contributed by atoms with Crippen LogP contribution in [0, 0.1) is 10.1 Å². The third kappa shape index (κ3) is 3.48. The minimum atomic E-state index is -0.996. The zero-order valence-electron chi connectivity index (χ0n) is 13.2. The fourth-order valence-corrected chi connectivity index (χ4v) is 2.74. The van der Waals surface area contributed by atoms with Crippen LogP contribution in [0.3, 0.4) is 0 Å². The molecule has 25 heavy (non-hydrogen) atoms. The van der Waals surface area contributed by atoms with Gasteiger partial charge in [0.05, 0.1) is 35.0 Å². The van der Waals surface area contributed by atoms with Crippen LogP contribution in [0.5, 0.6) is 0 Å². The average molecular weight is 340 g/mol. The van der Waals surface area contributed by atoms with Crippen LogP contribution in [0.1, 0.15) is 17.5 Å². The van der Waals surface area contributed by atoms with Crippen LogP contribution in [-0.2, 0) is 17.8 Å². The number of imidazole rings is 1. The van der Waals surface area contributed by atoms with Crippen molar-refractivity contribution in [3.8, 4) is 0 Å². The molecule has 0 spiro atoms. The Labute approximate surface area is 142 Å². The molecule has 128 valence electrons. The smallest absolute Gasteiger partial charge is 0.269 e. The molecule has 1 amide bonds. The monoisotopic (exact) mass is 340 g/mol. The Hall–Kier alpha value is -3.26. The van der Waals surface area contributed by atoms with Gasteiger partial charge in [0, 0.05) is 12.1 Å². The lowest BCUT2D eigenvalue weighted by Gasteiger charge is -2.14. The van der Waals surface area contributed by atoms with Crippen LogP contribution in [0.25, 0.3) is 11.0 Å². The quantitative estimate of drug-likeness (QED) is 0.522. The first-order valence-corrected chi connectivity index (χ1v) is 7.60. The number of primary amides is 1. The van der Waals surface area contributed by atoms with E-state index in [0.29, 0.717) is 16.9 Å². The summed E-state index contributed by atoms with van der Waals surface area (Å²) in [5, 5.41) is 21.4. The Bertz CT molecular complexity index is 951. The Morgan fingerprint density at radius 2 is 2.04 bits per heavy atom. The lowest BCUT2D eigenvalue weighted by atomic mass is 10.1. The molecule has 0 aliphatic heterocycles. The minimum Gasteiger partial charge on any atom is -0.387 e. The summed E-state index contributed by atoms with van der Waals surface area (Å²) >= 11 is 0. The van der Waals surface area contributed by atoms with Gasteiger partial charge in [-0.25, -0.2) is 4.98 Å². The average Bonchev–Trinajstić information content (AvgIpc) is 2.91. The van der Waals surface area contributed by atoms with E-state index in [4.69, 9.17) is 5.73 Å². The van der Waals surface area contributed by atoms with Crippen molar-refractivity contribution in [2.45, 2.75) is 19.1 Å². The maximum Gasteiger partial charge on any atom is 0.269 e. The molecular formula is C17H16N4O4. The van der Waals surface area contributed by atoms with E-state index in [9.17, 15) is 20.0 Å². The third-order valence-corrected chi connectivity index (χ3v) is 3.89. The van der Waals surface area contributed by atoms with E-state index in [2.05, 4.69) is 4.98 Å². The number of nitrogens with two attached hydrogens (primary N) is 1. The first kappa shape index (κ1) is 16.6. The van der Waals surface area contributed by atoms with E-state index in [1.165, 1.54) is 18.2 Å².